The summed E-state index contributed by atoms with van der Waals surface area (Å²) in [4.78, 5) is 12.6. The van der Waals surface area contributed by atoms with Gasteiger partial charge in [0.15, 0.2) is 11.6 Å². The number of carbonyl (C=O) groups is 1. The molecule has 1 aliphatic heterocycles. The lowest BCUT2D eigenvalue weighted by atomic mass is 9.82. The van der Waals surface area contributed by atoms with Crippen LogP contribution in [-0.2, 0) is 9.53 Å². The maximum Gasteiger partial charge on any atom is 0.238 e. The quantitative estimate of drug-likeness (QED) is 0.827. The van der Waals surface area contributed by atoms with Crippen LogP contribution in [0.25, 0.3) is 0 Å². The molecule has 1 unspecified atom stereocenters. The predicted octanol–water partition coefficient (Wildman–Crippen LogP) is 3.12. The third-order valence-electron chi connectivity index (χ3n) is 5.50. The zero-order chi connectivity index (χ0) is 19.4. The summed E-state index contributed by atoms with van der Waals surface area (Å²) in [6.45, 7) is 2.21. The van der Waals surface area contributed by atoms with Gasteiger partial charge in [0.2, 0.25) is 5.91 Å². The highest BCUT2D eigenvalue weighted by Crippen LogP contribution is 2.31. The smallest absolute Gasteiger partial charge is 0.238 e. The molecule has 27 heavy (non-hydrogen) atoms. The maximum absolute atomic E-state index is 13.5. The number of benzene rings is 1. The van der Waals surface area contributed by atoms with E-state index in [0.717, 1.165) is 31.4 Å². The first kappa shape index (κ1) is 19.7. The molecule has 3 atom stereocenters. The summed E-state index contributed by atoms with van der Waals surface area (Å²) < 4.78 is 32.4. The Labute approximate surface area is 158 Å². The van der Waals surface area contributed by atoms with Crippen molar-refractivity contribution in [2.24, 2.45) is 0 Å². The molecule has 1 saturated heterocycles. The Kier molecular flexibility index (Phi) is 6.08. The fourth-order valence-electron chi connectivity index (χ4n) is 3.94. The molecule has 1 aromatic carbocycles. The van der Waals surface area contributed by atoms with E-state index >= 15 is 0 Å². The lowest BCUT2D eigenvalue weighted by molar-refractivity contribution is -0.124. The average molecular weight is 377 g/mol. The van der Waals surface area contributed by atoms with Crippen LogP contribution in [0.3, 0.4) is 0 Å². The Balaban J connectivity index is 1.63. The van der Waals surface area contributed by atoms with Gasteiger partial charge in [0.25, 0.3) is 0 Å². The summed E-state index contributed by atoms with van der Waals surface area (Å²) in [7, 11) is 0. The van der Waals surface area contributed by atoms with Gasteiger partial charge in [0, 0.05) is 12.6 Å². The number of ether oxygens (including phenoxy) is 1. The van der Waals surface area contributed by atoms with Gasteiger partial charge in [0.1, 0.15) is 5.54 Å². The van der Waals surface area contributed by atoms with E-state index in [-0.39, 0.29) is 11.9 Å². The molecule has 2 aliphatic rings. The standard InChI is InChI=1S/C20H25F2N3O2/c1-13(19(26)25-20(12-23)8-3-2-4-9-20)24-17-7-10-27-18(17)14-5-6-15(21)16(22)11-14/h5-6,11,13,17-18,24H,2-4,7-10H2,1H3,(H,25,26)/t13?,17-,18+/m1/s1. The second-order valence-corrected chi connectivity index (χ2v) is 7.49. The highest BCUT2D eigenvalue weighted by Gasteiger charge is 2.37. The van der Waals surface area contributed by atoms with Crippen LogP contribution in [0.15, 0.2) is 18.2 Å². The fourth-order valence-corrected chi connectivity index (χ4v) is 3.94. The molecule has 146 valence electrons. The second-order valence-electron chi connectivity index (χ2n) is 7.49. The Bertz CT molecular complexity index is 728. The van der Waals surface area contributed by atoms with Crippen LogP contribution in [0, 0.1) is 23.0 Å². The molecule has 7 heteroatoms. The van der Waals surface area contributed by atoms with Crippen molar-refractivity contribution in [3.63, 3.8) is 0 Å². The Morgan fingerprint density at radius 3 is 2.70 bits per heavy atom. The molecule has 3 rings (SSSR count). The minimum atomic E-state index is -0.916. The number of rotatable bonds is 5. The number of nitrogens with one attached hydrogen (secondary N) is 2. The molecule has 1 aromatic rings. The van der Waals surface area contributed by atoms with E-state index in [4.69, 9.17) is 4.74 Å². The summed E-state index contributed by atoms with van der Waals surface area (Å²) in [5.41, 5.74) is -0.242. The van der Waals surface area contributed by atoms with E-state index in [0.29, 0.717) is 31.4 Å². The Morgan fingerprint density at radius 1 is 1.30 bits per heavy atom. The van der Waals surface area contributed by atoms with Crippen LogP contribution in [-0.4, -0.2) is 30.1 Å². The zero-order valence-corrected chi connectivity index (χ0v) is 15.4. The molecule has 1 amide bonds. The SMILES string of the molecule is CC(N[C@@H]1CCO[C@H]1c1ccc(F)c(F)c1)C(=O)NC1(C#N)CCCCC1. The largest absolute Gasteiger partial charge is 0.372 e. The van der Waals surface area contributed by atoms with E-state index in [2.05, 4.69) is 16.7 Å². The average Bonchev–Trinajstić information content (AvgIpc) is 3.12. The number of nitrogens with zero attached hydrogens (tertiary/aromatic N) is 1. The zero-order valence-electron chi connectivity index (χ0n) is 15.4. The van der Waals surface area contributed by atoms with Crippen molar-refractivity contribution in [2.45, 2.75) is 69.2 Å². The van der Waals surface area contributed by atoms with Gasteiger partial charge in [-0.15, -0.1) is 0 Å². The van der Waals surface area contributed by atoms with Crippen LogP contribution in [0.5, 0.6) is 0 Å². The fraction of sp³-hybridized carbons (Fsp3) is 0.600. The van der Waals surface area contributed by atoms with Crippen molar-refractivity contribution in [2.75, 3.05) is 6.61 Å². The van der Waals surface area contributed by atoms with E-state index in [1.807, 2.05) is 0 Å². The normalized spacial score (nSPS) is 25.6. The van der Waals surface area contributed by atoms with Crippen molar-refractivity contribution in [1.82, 2.24) is 10.6 Å². The highest BCUT2D eigenvalue weighted by atomic mass is 19.2. The van der Waals surface area contributed by atoms with Crippen molar-refractivity contribution < 1.29 is 18.3 Å². The van der Waals surface area contributed by atoms with E-state index < -0.39 is 29.3 Å². The number of hydrogen-bond donors (Lipinski definition) is 2. The summed E-state index contributed by atoms with van der Waals surface area (Å²) in [6.07, 6.45) is 4.51. The number of carbonyl (C=O) groups excluding carboxylic acids is 1. The Hall–Kier alpha value is -2.04. The third-order valence-corrected chi connectivity index (χ3v) is 5.50. The predicted molar refractivity (Wildman–Crippen MR) is 95.6 cm³/mol. The van der Waals surface area contributed by atoms with Crippen LogP contribution in [0.4, 0.5) is 8.78 Å². The number of hydrogen-bond acceptors (Lipinski definition) is 4. The van der Waals surface area contributed by atoms with Crippen molar-refractivity contribution in [1.29, 1.82) is 5.26 Å². The molecule has 5 nitrogen and oxygen atoms in total. The first-order valence-corrected chi connectivity index (χ1v) is 9.50. The molecule has 0 aromatic heterocycles. The topological polar surface area (TPSA) is 74.2 Å². The van der Waals surface area contributed by atoms with Gasteiger partial charge in [0.05, 0.1) is 18.2 Å². The van der Waals surface area contributed by atoms with E-state index in [1.54, 1.807) is 6.92 Å². The minimum absolute atomic E-state index is 0.194. The van der Waals surface area contributed by atoms with Gasteiger partial charge in [-0.3, -0.25) is 4.79 Å². The van der Waals surface area contributed by atoms with Gasteiger partial charge in [-0.2, -0.15) is 5.26 Å². The van der Waals surface area contributed by atoms with Crippen LogP contribution in [0.1, 0.15) is 57.1 Å². The van der Waals surface area contributed by atoms with E-state index in [1.165, 1.54) is 6.07 Å². The van der Waals surface area contributed by atoms with Gasteiger partial charge in [-0.1, -0.05) is 25.3 Å². The molecule has 1 saturated carbocycles. The van der Waals surface area contributed by atoms with Crippen LogP contribution >= 0.6 is 0 Å². The maximum atomic E-state index is 13.5. The van der Waals surface area contributed by atoms with E-state index in [9.17, 15) is 18.8 Å². The molecule has 1 aliphatic carbocycles. The van der Waals surface area contributed by atoms with Crippen molar-refractivity contribution in [3.8, 4) is 6.07 Å². The van der Waals surface area contributed by atoms with Gasteiger partial charge in [-0.05, 0) is 43.9 Å². The molecule has 1 heterocycles. The van der Waals surface area contributed by atoms with Crippen molar-refractivity contribution >= 4 is 5.91 Å². The van der Waals surface area contributed by atoms with Gasteiger partial charge in [-0.25, -0.2) is 8.78 Å². The number of amides is 1. The first-order valence-electron chi connectivity index (χ1n) is 9.50. The highest BCUT2D eigenvalue weighted by molar-refractivity contribution is 5.82. The third kappa shape index (κ3) is 4.45. The summed E-state index contributed by atoms with van der Waals surface area (Å²) in [6, 6.07) is 5.28. The van der Waals surface area contributed by atoms with Crippen LogP contribution < -0.4 is 10.6 Å². The summed E-state index contributed by atoms with van der Waals surface area (Å²) in [5.74, 6) is -2.04. The molecule has 2 fully saturated rings. The molecule has 0 bridgehead atoms. The first-order chi connectivity index (χ1) is 12.9. The number of nitriles is 1. The van der Waals surface area contributed by atoms with Crippen molar-refractivity contribution in [3.05, 3.63) is 35.4 Å². The second kappa shape index (κ2) is 8.32. The minimum Gasteiger partial charge on any atom is -0.372 e. The lowest BCUT2D eigenvalue weighted by Crippen LogP contribution is -2.55. The van der Waals surface area contributed by atoms with Gasteiger partial charge >= 0.3 is 0 Å². The monoisotopic (exact) mass is 377 g/mol. The molecule has 2 N–H and O–H groups in total. The summed E-state index contributed by atoms with van der Waals surface area (Å²) >= 11 is 0. The van der Waals surface area contributed by atoms with Crippen LogP contribution in [0.2, 0.25) is 0 Å². The number of halogens is 2. The summed E-state index contributed by atoms with van der Waals surface area (Å²) in [5, 5.41) is 15.7. The molecular formula is C20H25F2N3O2. The van der Waals surface area contributed by atoms with Gasteiger partial charge < -0.3 is 15.4 Å². The molecule has 0 spiro atoms. The lowest BCUT2D eigenvalue weighted by Gasteiger charge is -2.33. The Morgan fingerprint density at radius 2 is 2.04 bits per heavy atom. The molecular weight excluding hydrogens is 352 g/mol. The molecule has 0 radical (unpaired) electrons.